The van der Waals surface area contributed by atoms with Gasteiger partial charge in [-0.15, -0.1) is 0 Å². The van der Waals surface area contributed by atoms with Gasteiger partial charge < -0.3 is 0 Å². The summed E-state index contributed by atoms with van der Waals surface area (Å²) >= 11 is 0. The monoisotopic (exact) mass is 311 g/mol. The Hall–Kier alpha value is -1.63. The Morgan fingerprint density at radius 2 is 1.74 bits per heavy atom. The van der Waals surface area contributed by atoms with Gasteiger partial charge in [0.15, 0.2) is 0 Å². The summed E-state index contributed by atoms with van der Waals surface area (Å²) in [7, 11) is 0. The number of nitrogens with zero attached hydrogens (tertiary/aromatic N) is 1. The van der Waals surface area contributed by atoms with Gasteiger partial charge in [-0.05, 0) is 41.7 Å². The van der Waals surface area contributed by atoms with Crippen LogP contribution in [0.2, 0.25) is 0 Å². The van der Waals surface area contributed by atoms with Gasteiger partial charge in [0.05, 0.1) is 0 Å². The predicted molar refractivity (Wildman–Crippen MR) is 105 cm³/mol. The van der Waals surface area contributed by atoms with Crippen LogP contribution in [0.3, 0.4) is 0 Å². The molecule has 0 aromatic heterocycles. The van der Waals surface area contributed by atoms with E-state index in [0.29, 0.717) is 0 Å². The molecule has 0 unspecified atom stereocenters. The molecule has 1 nitrogen and oxygen atoms in total. The number of unbranched alkanes of at least 4 members (excludes halogenated alkanes) is 4. The van der Waals surface area contributed by atoms with E-state index in [2.05, 4.69) is 64.1 Å². The summed E-state index contributed by atoms with van der Waals surface area (Å²) < 4.78 is 0. The zero-order valence-corrected chi connectivity index (χ0v) is 15.5. The molecule has 23 heavy (non-hydrogen) atoms. The normalized spacial score (nSPS) is 22.8. The molecule has 1 rings (SSSR count). The molecule has 0 amide bonds. The van der Waals surface area contributed by atoms with E-state index in [-0.39, 0.29) is 5.41 Å². The second-order valence-electron chi connectivity index (χ2n) is 6.67. The Labute approximate surface area is 143 Å². The van der Waals surface area contributed by atoms with Crippen LogP contribution in [0.5, 0.6) is 0 Å². The lowest BCUT2D eigenvalue weighted by atomic mass is 9.83. The van der Waals surface area contributed by atoms with Gasteiger partial charge in [0.1, 0.15) is 0 Å². The quantitative estimate of drug-likeness (QED) is 0.353. The molecule has 1 aliphatic carbocycles. The van der Waals surface area contributed by atoms with E-state index in [1.165, 1.54) is 48.8 Å². The highest BCUT2D eigenvalue weighted by atomic mass is 14.7. The van der Waals surface area contributed by atoms with Gasteiger partial charge in [0.2, 0.25) is 0 Å². The summed E-state index contributed by atoms with van der Waals surface area (Å²) in [6.07, 6.45) is 16.6. The second-order valence-corrected chi connectivity index (χ2v) is 6.67. The molecule has 0 aromatic rings. The highest BCUT2D eigenvalue weighted by molar-refractivity contribution is 5.80. The molecular weight excluding hydrogens is 278 g/mol. The predicted octanol–water partition coefficient (Wildman–Crippen LogP) is 6.61. The summed E-state index contributed by atoms with van der Waals surface area (Å²) in [6.45, 7) is 17.9. The maximum absolute atomic E-state index is 4.55. The van der Waals surface area contributed by atoms with E-state index < -0.39 is 0 Å². The number of aliphatic imine (C=N–C) groups is 1. The number of hydrogen-bond acceptors (Lipinski definition) is 1. The van der Waals surface area contributed by atoms with Crippen molar-refractivity contribution in [3.63, 3.8) is 0 Å². The Kier molecular flexibility index (Phi) is 8.02. The summed E-state index contributed by atoms with van der Waals surface area (Å²) in [4.78, 5) is 4.55. The van der Waals surface area contributed by atoms with Crippen molar-refractivity contribution < 1.29 is 0 Å². The fraction of sp³-hybridized carbons (Fsp3) is 0.500. The van der Waals surface area contributed by atoms with Crippen LogP contribution in [0.4, 0.5) is 0 Å². The van der Waals surface area contributed by atoms with Crippen molar-refractivity contribution in [1.29, 1.82) is 0 Å². The molecule has 0 heterocycles. The number of hydrogen-bond donors (Lipinski definition) is 0. The van der Waals surface area contributed by atoms with Crippen molar-refractivity contribution in [3.05, 3.63) is 59.8 Å². The summed E-state index contributed by atoms with van der Waals surface area (Å²) in [6, 6.07) is 0. The summed E-state index contributed by atoms with van der Waals surface area (Å²) in [5.41, 5.74) is 4.88. The minimum Gasteiger partial charge on any atom is -0.293 e. The molecule has 1 heteroatoms. The minimum atomic E-state index is -0.0244. The Balaban J connectivity index is 2.78. The first-order valence-corrected chi connectivity index (χ1v) is 8.90. The van der Waals surface area contributed by atoms with E-state index in [1.807, 2.05) is 12.3 Å². The summed E-state index contributed by atoms with van der Waals surface area (Å²) in [5.74, 6) is 0. The van der Waals surface area contributed by atoms with Gasteiger partial charge in [0.25, 0.3) is 0 Å². The first-order valence-electron chi connectivity index (χ1n) is 8.90. The lowest BCUT2D eigenvalue weighted by Gasteiger charge is -2.20. The van der Waals surface area contributed by atoms with Crippen LogP contribution in [-0.2, 0) is 0 Å². The maximum Gasteiger partial charge on any atom is 0.0389 e. The third-order valence-electron chi connectivity index (χ3n) is 4.64. The van der Waals surface area contributed by atoms with E-state index in [1.54, 1.807) is 0 Å². The molecule has 0 aromatic carbocycles. The van der Waals surface area contributed by atoms with Crippen molar-refractivity contribution in [1.82, 2.24) is 0 Å². The highest BCUT2D eigenvalue weighted by Gasteiger charge is 2.38. The molecule has 0 N–H and O–H groups in total. The van der Waals surface area contributed by atoms with Crippen LogP contribution < -0.4 is 0 Å². The zero-order chi connectivity index (χ0) is 17.3. The maximum atomic E-state index is 4.55. The standard InChI is InChI=1S/C22H33N/c1-7-10-11-12-13-16-23-17-15-19-18(4)22(5,6)21(9-3)20(19)14-8-2/h8-9,14-15,17H,2,4,7,10-13,16H2,1,3,5-6H3/b19-15+,20-14-,21-9+,23-17+. The molecule has 1 fully saturated rings. The van der Waals surface area contributed by atoms with Crippen LogP contribution >= 0.6 is 0 Å². The van der Waals surface area contributed by atoms with Crippen molar-refractivity contribution in [2.45, 2.75) is 59.8 Å². The lowest BCUT2D eigenvalue weighted by molar-refractivity contribution is 0.584. The number of allylic oxidation sites excluding steroid dienone is 8. The Bertz CT molecular complexity index is 538. The second kappa shape index (κ2) is 9.50. The van der Waals surface area contributed by atoms with Crippen molar-refractivity contribution in [3.8, 4) is 0 Å². The van der Waals surface area contributed by atoms with Crippen LogP contribution in [0.25, 0.3) is 0 Å². The van der Waals surface area contributed by atoms with Crippen LogP contribution in [-0.4, -0.2) is 12.8 Å². The van der Waals surface area contributed by atoms with Gasteiger partial charge in [-0.25, -0.2) is 0 Å². The third-order valence-corrected chi connectivity index (χ3v) is 4.64. The van der Waals surface area contributed by atoms with E-state index in [4.69, 9.17) is 0 Å². The molecule has 0 radical (unpaired) electrons. The van der Waals surface area contributed by atoms with Gasteiger partial charge in [-0.1, -0.05) is 77.8 Å². The largest absolute Gasteiger partial charge is 0.293 e. The van der Waals surface area contributed by atoms with Crippen molar-refractivity contribution in [2.24, 2.45) is 10.4 Å². The smallest absolute Gasteiger partial charge is 0.0389 e. The SMILES string of the molecule is C=C/C=C1C(=C/C)\C(C)(C)C(=C)C\1=C/C=N/CCCCCCC. The molecule has 0 aliphatic heterocycles. The minimum absolute atomic E-state index is 0.0244. The Morgan fingerprint density at radius 3 is 2.35 bits per heavy atom. The van der Waals surface area contributed by atoms with Gasteiger partial charge in [-0.2, -0.15) is 0 Å². The average Bonchev–Trinajstić information content (AvgIpc) is 2.70. The van der Waals surface area contributed by atoms with Gasteiger partial charge in [0, 0.05) is 18.2 Å². The van der Waals surface area contributed by atoms with Gasteiger partial charge in [-0.3, -0.25) is 4.99 Å². The molecular formula is C22H33N. The van der Waals surface area contributed by atoms with E-state index in [0.717, 1.165) is 12.1 Å². The fourth-order valence-electron chi connectivity index (χ4n) is 3.16. The molecule has 1 saturated carbocycles. The van der Waals surface area contributed by atoms with Gasteiger partial charge >= 0.3 is 0 Å². The van der Waals surface area contributed by atoms with Crippen LogP contribution in [0, 0.1) is 5.41 Å². The zero-order valence-electron chi connectivity index (χ0n) is 15.5. The molecule has 1 aliphatic rings. The van der Waals surface area contributed by atoms with Crippen molar-refractivity contribution >= 4 is 6.21 Å². The van der Waals surface area contributed by atoms with Crippen LogP contribution in [0.15, 0.2) is 64.7 Å². The molecule has 0 saturated heterocycles. The average molecular weight is 312 g/mol. The topological polar surface area (TPSA) is 12.4 Å². The third kappa shape index (κ3) is 4.92. The molecule has 0 bridgehead atoms. The molecule has 0 atom stereocenters. The highest BCUT2D eigenvalue weighted by Crippen LogP contribution is 2.52. The first-order chi connectivity index (χ1) is 11.0. The summed E-state index contributed by atoms with van der Waals surface area (Å²) in [5, 5.41) is 0. The Morgan fingerprint density at radius 1 is 1.04 bits per heavy atom. The van der Waals surface area contributed by atoms with Crippen molar-refractivity contribution in [2.75, 3.05) is 6.54 Å². The number of rotatable bonds is 8. The lowest BCUT2D eigenvalue weighted by Crippen LogP contribution is -2.09. The first kappa shape index (κ1) is 19.4. The molecule has 0 spiro atoms. The van der Waals surface area contributed by atoms with E-state index in [9.17, 15) is 0 Å². The van der Waals surface area contributed by atoms with Crippen LogP contribution in [0.1, 0.15) is 59.8 Å². The molecule has 126 valence electrons. The fourth-order valence-corrected chi connectivity index (χ4v) is 3.16. The van der Waals surface area contributed by atoms with E-state index >= 15 is 0 Å².